The molecule has 0 radical (unpaired) electrons. The van der Waals surface area contributed by atoms with Crippen LogP contribution in [0.25, 0.3) is 10.8 Å². The molecular formula is C26H26N4O5. The Hall–Kier alpha value is -4.14. The molecule has 180 valence electrons. The summed E-state index contributed by atoms with van der Waals surface area (Å²) in [6, 6.07) is 12.0. The lowest BCUT2D eigenvalue weighted by Gasteiger charge is -2.22. The summed E-state index contributed by atoms with van der Waals surface area (Å²) in [5.41, 5.74) is -0.115. The maximum Gasteiger partial charge on any atom is 0.325 e. The standard InChI is InChI=1S/C26H26N4O5/c1-26(19-7-5-17-12-20(35-2)8-6-16(17)11-19)24(33)30(25(34)28-26)15-22(31)18-13-21(27-14-18)23(32)29-9-3-4-10-29/h5-8,11-14,27H,3-4,9-10,15H2,1-2H3,(H,28,34). The van der Waals surface area contributed by atoms with Crippen molar-refractivity contribution in [1.82, 2.24) is 20.1 Å². The second-order valence-electron chi connectivity index (χ2n) is 9.10. The summed E-state index contributed by atoms with van der Waals surface area (Å²) < 4.78 is 5.26. The number of rotatable bonds is 6. The van der Waals surface area contributed by atoms with Crippen LogP contribution in [0.2, 0.25) is 0 Å². The van der Waals surface area contributed by atoms with Crippen molar-refractivity contribution < 1.29 is 23.9 Å². The predicted octanol–water partition coefficient (Wildman–Crippen LogP) is 3.06. The number of aromatic nitrogens is 1. The quantitative estimate of drug-likeness (QED) is 0.421. The van der Waals surface area contributed by atoms with Gasteiger partial charge in [-0.15, -0.1) is 0 Å². The van der Waals surface area contributed by atoms with E-state index in [4.69, 9.17) is 4.74 Å². The van der Waals surface area contributed by atoms with Crippen LogP contribution in [0.4, 0.5) is 4.79 Å². The molecule has 0 aliphatic carbocycles. The summed E-state index contributed by atoms with van der Waals surface area (Å²) in [6.07, 6.45) is 3.38. The summed E-state index contributed by atoms with van der Waals surface area (Å²) in [6.45, 7) is 2.61. The van der Waals surface area contributed by atoms with E-state index in [0.29, 0.717) is 24.3 Å². The number of fused-ring (bicyclic) bond motifs is 1. The van der Waals surface area contributed by atoms with Gasteiger partial charge in [-0.25, -0.2) is 4.79 Å². The SMILES string of the molecule is COc1ccc2cc(C3(C)NC(=O)N(CC(=O)c4c[nH]c(C(=O)N5CCCC5)c4)C3=O)ccc2c1. The smallest absolute Gasteiger partial charge is 0.325 e. The molecule has 2 aliphatic rings. The molecule has 3 aromatic rings. The third-order valence-corrected chi connectivity index (χ3v) is 6.83. The first kappa shape index (κ1) is 22.6. The number of imide groups is 1. The number of H-pyrrole nitrogens is 1. The largest absolute Gasteiger partial charge is 0.497 e. The van der Waals surface area contributed by atoms with E-state index in [1.165, 1.54) is 12.3 Å². The van der Waals surface area contributed by atoms with E-state index in [9.17, 15) is 19.2 Å². The molecule has 9 nitrogen and oxygen atoms in total. The highest BCUT2D eigenvalue weighted by molar-refractivity contribution is 6.12. The highest BCUT2D eigenvalue weighted by Gasteiger charge is 2.49. The van der Waals surface area contributed by atoms with Crippen LogP contribution in [0.3, 0.4) is 0 Å². The molecule has 35 heavy (non-hydrogen) atoms. The number of methoxy groups -OCH3 is 1. The van der Waals surface area contributed by atoms with Crippen molar-refractivity contribution in [3.05, 3.63) is 65.5 Å². The summed E-state index contributed by atoms with van der Waals surface area (Å²) in [5.74, 6) is -0.368. The molecule has 0 spiro atoms. The fraction of sp³-hybridized carbons (Fsp3) is 0.308. The van der Waals surface area contributed by atoms with E-state index in [-0.39, 0.29) is 11.5 Å². The lowest BCUT2D eigenvalue weighted by atomic mass is 9.90. The number of benzene rings is 2. The molecule has 2 N–H and O–H groups in total. The number of hydrogen-bond acceptors (Lipinski definition) is 5. The normalized spacial score (nSPS) is 19.9. The van der Waals surface area contributed by atoms with Gasteiger partial charge in [0.15, 0.2) is 5.78 Å². The van der Waals surface area contributed by atoms with Gasteiger partial charge in [-0.05, 0) is 60.4 Å². The molecular weight excluding hydrogens is 448 g/mol. The second kappa shape index (κ2) is 8.57. The van der Waals surface area contributed by atoms with Gasteiger partial charge in [0.1, 0.15) is 17.0 Å². The van der Waals surface area contributed by atoms with Crippen LogP contribution in [0.5, 0.6) is 5.75 Å². The molecule has 0 bridgehead atoms. The minimum atomic E-state index is -1.31. The van der Waals surface area contributed by atoms with Gasteiger partial charge in [0.2, 0.25) is 0 Å². The van der Waals surface area contributed by atoms with Crippen LogP contribution in [-0.4, -0.2) is 65.2 Å². The Balaban J connectivity index is 1.33. The van der Waals surface area contributed by atoms with Gasteiger partial charge in [-0.2, -0.15) is 0 Å². The number of amides is 4. The van der Waals surface area contributed by atoms with Gasteiger partial charge < -0.3 is 19.9 Å². The number of carbonyl (C=O) groups is 4. The monoisotopic (exact) mass is 474 g/mol. The van der Waals surface area contributed by atoms with Crippen LogP contribution in [-0.2, 0) is 10.3 Å². The Bertz CT molecular complexity index is 1360. The third kappa shape index (κ3) is 3.92. The van der Waals surface area contributed by atoms with Gasteiger partial charge in [0.05, 0.1) is 13.7 Å². The van der Waals surface area contributed by atoms with Gasteiger partial charge in [0.25, 0.3) is 11.8 Å². The Morgan fingerprint density at radius 3 is 2.49 bits per heavy atom. The molecule has 1 aromatic heterocycles. The van der Waals surface area contributed by atoms with E-state index in [1.54, 1.807) is 25.0 Å². The summed E-state index contributed by atoms with van der Waals surface area (Å²) in [7, 11) is 1.60. The van der Waals surface area contributed by atoms with Gasteiger partial charge >= 0.3 is 6.03 Å². The molecule has 0 saturated carbocycles. The molecule has 2 aliphatic heterocycles. The molecule has 2 saturated heterocycles. The van der Waals surface area contributed by atoms with Gasteiger partial charge in [0, 0.05) is 24.8 Å². The third-order valence-electron chi connectivity index (χ3n) is 6.83. The molecule has 2 fully saturated rings. The number of hydrogen-bond donors (Lipinski definition) is 2. The van der Waals surface area contributed by atoms with Crippen LogP contribution in [0.1, 0.15) is 46.2 Å². The Labute approximate surface area is 202 Å². The first-order chi connectivity index (χ1) is 16.8. The number of Topliss-reactive ketones (excluding diaryl/α,β-unsaturated/α-hetero) is 1. The Morgan fingerprint density at radius 1 is 1.03 bits per heavy atom. The maximum atomic E-state index is 13.3. The number of likely N-dealkylation sites (tertiary alicyclic amines) is 1. The summed E-state index contributed by atoms with van der Waals surface area (Å²) in [5, 5.41) is 4.57. The van der Waals surface area contributed by atoms with Crippen molar-refractivity contribution >= 4 is 34.4 Å². The fourth-order valence-electron chi connectivity index (χ4n) is 4.70. The lowest BCUT2D eigenvalue weighted by Crippen LogP contribution is -2.41. The van der Waals surface area contributed by atoms with Crippen molar-refractivity contribution in [3.8, 4) is 5.75 Å². The van der Waals surface area contributed by atoms with Crippen molar-refractivity contribution in [2.24, 2.45) is 0 Å². The van der Waals surface area contributed by atoms with Crippen LogP contribution in [0, 0.1) is 0 Å². The number of nitrogens with one attached hydrogen (secondary N) is 2. The van der Waals surface area contributed by atoms with Gasteiger partial charge in [-0.1, -0.05) is 18.2 Å². The van der Waals surface area contributed by atoms with Gasteiger partial charge in [-0.3, -0.25) is 19.3 Å². The molecule has 5 rings (SSSR count). The maximum absolute atomic E-state index is 13.3. The summed E-state index contributed by atoms with van der Waals surface area (Å²) >= 11 is 0. The summed E-state index contributed by atoms with van der Waals surface area (Å²) in [4.78, 5) is 57.0. The van der Waals surface area contributed by atoms with Crippen LogP contribution < -0.4 is 10.1 Å². The van der Waals surface area contributed by atoms with E-state index < -0.39 is 29.8 Å². The number of carbonyl (C=O) groups excluding carboxylic acids is 4. The number of urea groups is 1. The molecule has 1 atom stereocenters. The second-order valence-corrected chi connectivity index (χ2v) is 9.10. The van der Waals surface area contributed by atoms with E-state index in [1.807, 2.05) is 30.3 Å². The zero-order valence-electron chi connectivity index (χ0n) is 19.6. The minimum Gasteiger partial charge on any atom is -0.497 e. The first-order valence-corrected chi connectivity index (χ1v) is 11.5. The lowest BCUT2D eigenvalue weighted by molar-refractivity contribution is -0.130. The topological polar surface area (TPSA) is 112 Å². The number of ketones is 1. The Morgan fingerprint density at radius 2 is 1.74 bits per heavy atom. The highest BCUT2D eigenvalue weighted by Crippen LogP contribution is 2.32. The van der Waals surface area contributed by atoms with E-state index >= 15 is 0 Å². The molecule has 4 amide bonds. The zero-order valence-corrected chi connectivity index (χ0v) is 19.6. The van der Waals surface area contributed by atoms with Crippen molar-refractivity contribution in [3.63, 3.8) is 0 Å². The number of aromatic amines is 1. The minimum absolute atomic E-state index is 0.155. The fourth-order valence-corrected chi connectivity index (χ4v) is 4.70. The molecule has 9 heteroatoms. The first-order valence-electron chi connectivity index (χ1n) is 11.5. The average molecular weight is 475 g/mol. The number of nitrogens with zero attached hydrogens (tertiary/aromatic N) is 2. The predicted molar refractivity (Wildman–Crippen MR) is 128 cm³/mol. The molecule has 2 aromatic carbocycles. The Kier molecular flexibility index (Phi) is 5.55. The zero-order chi connectivity index (χ0) is 24.7. The average Bonchev–Trinajstić information content (AvgIpc) is 3.61. The highest BCUT2D eigenvalue weighted by atomic mass is 16.5. The van der Waals surface area contributed by atoms with E-state index in [2.05, 4.69) is 10.3 Å². The van der Waals surface area contributed by atoms with Crippen LogP contribution >= 0.6 is 0 Å². The molecule has 1 unspecified atom stereocenters. The van der Waals surface area contributed by atoms with E-state index in [0.717, 1.165) is 34.3 Å². The van der Waals surface area contributed by atoms with Crippen molar-refractivity contribution in [2.45, 2.75) is 25.3 Å². The van der Waals surface area contributed by atoms with Crippen LogP contribution in [0.15, 0.2) is 48.7 Å². The van der Waals surface area contributed by atoms with Crippen molar-refractivity contribution in [1.29, 1.82) is 0 Å². The van der Waals surface area contributed by atoms with Crippen molar-refractivity contribution in [2.75, 3.05) is 26.7 Å². The molecule has 3 heterocycles. The number of ether oxygens (including phenoxy) is 1.